The van der Waals surface area contributed by atoms with E-state index in [0.29, 0.717) is 5.56 Å². The third kappa shape index (κ3) is 1.53. The van der Waals surface area contributed by atoms with Gasteiger partial charge in [-0.15, -0.1) is 0 Å². The lowest BCUT2D eigenvalue weighted by molar-refractivity contribution is 0.0981. The number of fused-ring (bicyclic) bond motifs is 1. The number of hydrogen-bond acceptors (Lipinski definition) is 1. The lowest BCUT2D eigenvalue weighted by Gasteiger charge is -2.18. The summed E-state index contributed by atoms with van der Waals surface area (Å²) < 4.78 is 12.8. The molecule has 0 amide bonds. The molecule has 1 unspecified atom stereocenters. The SMILES string of the molecule is O=C1c2cc(F)ccc2CCC1Br. The van der Waals surface area contributed by atoms with Crippen molar-refractivity contribution in [2.75, 3.05) is 0 Å². The van der Waals surface area contributed by atoms with Gasteiger partial charge < -0.3 is 0 Å². The molecule has 2 rings (SSSR count). The molecule has 1 nitrogen and oxygen atoms in total. The molecule has 0 radical (unpaired) electrons. The van der Waals surface area contributed by atoms with Crippen LogP contribution in [0.1, 0.15) is 22.3 Å². The molecular weight excluding hydrogens is 235 g/mol. The molecule has 1 aliphatic rings. The van der Waals surface area contributed by atoms with Crippen molar-refractivity contribution in [2.45, 2.75) is 17.7 Å². The first-order chi connectivity index (χ1) is 6.18. The first kappa shape index (κ1) is 8.88. The van der Waals surface area contributed by atoms with E-state index in [4.69, 9.17) is 0 Å². The van der Waals surface area contributed by atoms with E-state index in [9.17, 15) is 9.18 Å². The van der Waals surface area contributed by atoms with Gasteiger partial charge in [-0.25, -0.2) is 4.39 Å². The molecule has 1 aliphatic carbocycles. The topological polar surface area (TPSA) is 17.1 Å². The molecule has 0 spiro atoms. The van der Waals surface area contributed by atoms with Crippen LogP contribution in [-0.2, 0) is 6.42 Å². The summed E-state index contributed by atoms with van der Waals surface area (Å²) in [6.45, 7) is 0. The summed E-state index contributed by atoms with van der Waals surface area (Å²) in [6.07, 6.45) is 1.65. The van der Waals surface area contributed by atoms with Gasteiger partial charge in [0.25, 0.3) is 0 Å². The predicted octanol–water partition coefficient (Wildman–Crippen LogP) is 2.72. The van der Waals surface area contributed by atoms with E-state index in [2.05, 4.69) is 15.9 Å². The minimum Gasteiger partial charge on any atom is -0.293 e. The normalized spacial score (nSPS) is 21.4. The smallest absolute Gasteiger partial charge is 0.176 e. The zero-order valence-corrected chi connectivity index (χ0v) is 8.47. The summed E-state index contributed by atoms with van der Waals surface area (Å²) in [5, 5.41) is 0. The molecule has 3 heteroatoms. The highest BCUT2D eigenvalue weighted by molar-refractivity contribution is 9.10. The van der Waals surface area contributed by atoms with Gasteiger partial charge in [0.05, 0.1) is 4.83 Å². The maximum absolute atomic E-state index is 12.8. The van der Waals surface area contributed by atoms with Crippen molar-refractivity contribution in [3.05, 3.63) is 35.1 Å². The molecule has 0 bridgehead atoms. The van der Waals surface area contributed by atoms with Gasteiger partial charge in [-0.3, -0.25) is 4.79 Å². The Morgan fingerprint density at radius 2 is 2.23 bits per heavy atom. The van der Waals surface area contributed by atoms with E-state index >= 15 is 0 Å². The number of Topliss-reactive ketones (excluding diaryl/α,β-unsaturated/α-hetero) is 1. The van der Waals surface area contributed by atoms with E-state index < -0.39 is 0 Å². The second-order valence-electron chi connectivity index (χ2n) is 3.17. The van der Waals surface area contributed by atoms with Crippen LogP contribution in [0.2, 0.25) is 0 Å². The van der Waals surface area contributed by atoms with Crippen LogP contribution in [0.15, 0.2) is 18.2 Å². The Labute approximate surface area is 84.1 Å². The number of carbonyl (C=O) groups is 1. The highest BCUT2D eigenvalue weighted by Crippen LogP contribution is 2.26. The Kier molecular flexibility index (Phi) is 2.20. The van der Waals surface area contributed by atoms with Crippen LogP contribution in [0.5, 0.6) is 0 Å². The molecule has 0 fully saturated rings. The monoisotopic (exact) mass is 242 g/mol. The molecule has 0 heterocycles. The van der Waals surface area contributed by atoms with Gasteiger partial charge in [0.2, 0.25) is 0 Å². The quantitative estimate of drug-likeness (QED) is 0.640. The molecule has 0 aromatic heterocycles. The third-order valence-electron chi connectivity index (χ3n) is 2.29. The lowest BCUT2D eigenvalue weighted by atomic mass is 9.91. The Bertz CT molecular complexity index is 362. The fourth-order valence-corrected chi connectivity index (χ4v) is 2.05. The van der Waals surface area contributed by atoms with E-state index in [1.807, 2.05) is 0 Å². The predicted molar refractivity (Wildman–Crippen MR) is 51.8 cm³/mol. The zero-order chi connectivity index (χ0) is 9.42. The van der Waals surface area contributed by atoms with Crippen molar-refractivity contribution in [2.24, 2.45) is 0 Å². The maximum Gasteiger partial charge on any atom is 0.176 e. The van der Waals surface area contributed by atoms with Gasteiger partial charge in [0.1, 0.15) is 5.82 Å². The summed E-state index contributed by atoms with van der Waals surface area (Å²) in [5.74, 6) is -0.338. The number of aryl methyl sites for hydroxylation is 1. The van der Waals surface area contributed by atoms with E-state index in [0.717, 1.165) is 18.4 Å². The van der Waals surface area contributed by atoms with Gasteiger partial charge in [0, 0.05) is 5.56 Å². The van der Waals surface area contributed by atoms with E-state index in [1.54, 1.807) is 6.07 Å². The summed E-state index contributed by atoms with van der Waals surface area (Å²) in [7, 11) is 0. The molecule has 1 aromatic carbocycles. The summed E-state index contributed by atoms with van der Waals surface area (Å²) in [4.78, 5) is 11.4. The molecule has 0 aliphatic heterocycles. The number of ketones is 1. The zero-order valence-electron chi connectivity index (χ0n) is 6.89. The van der Waals surface area contributed by atoms with Crippen molar-refractivity contribution in [3.8, 4) is 0 Å². The molecule has 68 valence electrons. The van der Waals surface area contributed by atoms with Crippen LogP contribution >= 0.6 is 15.9 Å². The number of alkyl halides is 1. The number of benzene rings is 1. The second-order valence-corrected chi connectivity index (χ2v) is 4.28. The van der Waals surface area contributed by atoms with Gasteiger partial charge in [-0.05, 0) is 30.5 Å². The van der Waals surface area contributed by atoms with Gasteiger partial charge in [0.15, 0.2) is 5.78 Å². The molecular formula is C10H8BrFO. The largest absolute Gasteiger partial charge is 0.293 e. The van der Waals surface area contributed by atoms with Gasteiger partial charge in [-0.1, -0.05) is 22.0 Å². The number of halogens is 2. The first-order valence-corrected chi connectivity index (χ1v) is 5.07. The maximum atomic E-state index is 12.8. The van der Waals surface area contributed by atoms with Gasteiger partial charge in [-0.2, -0.15) is 0 Å². The highest BCUT2D eigenvalue weighted by atomic mass is 79.9. The summed E-state index contributed by atoms with van der Waals surface area (Å²) in [5.41, 5.74) is 1.50. The molecule has 0 N–H and O–H groups in total. The van der Waals surface area contributed by atoms with Gasteiger partial charge >= 0.3 is 0 Å². The standard InChI is InChI=1S/C10H8BrFO/c11-9-4-2-6-1-3-7(12)5-8(6)10(9)13/h1,3,5,9H,2,4H2. The molecule has 1 aromatic rings. The summed E-state index contributed by atoms with van der Waals surface area (Å²) in [6, 6.07) is 4.42. The number of carbonyl (C=O) groups excluding carboxylic acids is 1. The second kappa shape index (κ2) is 3.22. The first-order valence-electron chi connectivity index (χ1n) is 4.15. The lowest BCUT2D eigenvalue weighted by Crippen LogP contribution is -2.22. The van der Waals surface area contributed by atoms with Crippen LogP contribution in [0.25, 0.3) is 0 Å². The van der Waals surface area contributed by atoms with Crippen LogP contribution < -0.4 is 0 Å². The Hall–Kier alpha value is -0.700. The molecule has 0 saturated heterocycles. The number of hydrogen-bond donors (Lipinski definition) is 0. The third-order valence-corrected chi connectivity index (χ3v) is 3.16. The highest BCUT2D eigenvalue weighted by Gasteiger charge is 2.25. The van der Waals surface area contributed by atoms with E-state index in [-0.39, 0.29) is 16.4 Å². The Morgan fingerprint density at radius 1 is 1.46 bits per heavy atom. The Balaban J connectivity index is 2.51. The Morgan fingerprint density at radius 3 is 3.00 bits per heavy atom. The van der Waals surface area contributed by atoms with Crippen molar-refractivity contribution in [1.29, 1.82) is 0 Å². The molecule has 1 atom stereocenters. The van der Waals surface area contributed by atoms with Crippen LogP contribution in [0.3, 0.4) is 0 Å². The van der Waals surface area contributed by atoms with Crippen LogP contribution in [0.4, 0.5) is 4.39 Å². The molecule has 0 saturated carbocycles. The number of rotatable bonds is 0. The fraction of sp³-hybridized carbons (Fsp3) is 0.300. The van der Waals surface area contributed by atoms with E-state index in [1.165, 1.54) is 12.1 Å². The van der Waals surface area contributed by atoms with Crippen molar-refractivity contribution in [1.82, 2.24) is 0 Å². The van der Waals surface area contributed by atoms with Crippen molar-refractivity contribution in [3.63, 3.8) is 0 Å². The minimum atomic E-state index is -0.339. The average molecular weight is 243 g/mol. The summed E-state index contributed by atoms with van der Waals surface area (Å²) >= 11 is 3.28. The molecule has 13 heavy (non-hydrogen) atoms. The van der Waals surface area contributed by atoms with Crippen molar-refractivity contribution < 1.29 is 9.18 Å². The van der Waals surface area contributed by atoms with Crippen LogP contribution in [0, 0.1) is 5.82 Å². The van der Waals surface area contributed by atoms with Crippen LogP contribution in [-0.4, -0.2) is 10.6 Å². The fourth-order valence-electron chi connectivity index (χ4n) is 1.58. The average Bonchev–Trinajstić information content (AvgIpc) is 2.12. The van der Waals surface area contributed by atoms with Crippen molar-refractivity contribution >= 4 is 21.7 Å². The minimum absolute atomic E-state index is 0.000694.